The van der Waals surface area contributed by atoms with E-state index < -0.39 is 5.41 Å². The van der Waals surface area contributed by atoms with Crippen LogP contribution in [0.25, 0.3) is 5.65 Å². The molecule has 2 aliphatic heterocycles. The van der Waals surface area contributed by atoms with Gasteiger partial charge in [0.1, 0.15) is 11.2 Å². The molecule has 4 heterocycles. The number of amides is 2. The van der Waals surface area contributed by atoms with Crippen LogP contribution >= 0.6 is 0 Å². The molecular weight excluding hydrogens is 356 g/mol. The number of piperidine rings is 1. The van der Waals surface area contributed by atoms with Crippen molar-refractivity contribution >= 4 is 17.5 Å². The first-order valence-corrected chi connectivity index (χ1v) is 10.1. The van der Waals surface area contributed by atoms with Crippen molar-refractivity contribution in [3.8, 4) is 0 Å². The highest BCUT2D eigenvalue weighted by atomic mass is 16.2. The molecule has 1 atom stereocenters. The van der Waals surface area contributed by atoms with Crippen LogP contribution in [-0.2, 0) is 4.79 Å². The largest absolute Gasteiger partial charge is 0.342 e. The smallest absolute Gasteiger partial charge is 0.270 e. The van der Waals surface area contributed by atoms with Crippen LogP contribution in [0.2, 0.25) is 0 Å². The van der Waals surface area contributed by atoms with Gasteiger partial charge in [-0.05, 0) is 50.2 Å². The highest BCUT2D eigenvalue weighted by molar-refractivity contribution is 5.95. The molecule has 0 aromatic carbocycles. The van der Waals surface area contributed by atoms with E-state index in [0.717, 1.165) is 25.9 Å². The molecule has 28 heavy (non-hydrogen) atoms. The Hall–Kier alpha value is -2.70. The van der Waals surface area contributed by atoms with Gasteiger partial charge in [0, 0.05) is 38.6 Å². The molecule has 146 valence electrons. The third-order valence-corrected chi connectivity index (χ3v) is 6.48. The maximum Gasteiger partial charge on any atom is 0.270 e. The van der Waals surface area contributed by atoms with E-state index in [2.05, 4.69) is 4.98 Å². The number of nitrogens with zero attached hydrogens (tertiary/aromatic N) is 4. The minimum absolute atomic E-state index is 0.0684. The Morgan fingerprint density at radius 3 is 2.86 bits per heavy atom. The maximum absolute atomic E-state index is 13.2. The monoisotopic (exact) mass is 380 g/mol. The molecule has 3 aliphatic rings. The molecule has 0 N–H and O–H groups in total. The number of hydrogen-bond donors (Lipinski definition) is 0. The molecule has 2 aromatic rings. The SMILES string of the molecule is O=C(c1cnc2ccccn2c1=O)N1CC[C@]2(CCCN(CC3CC3)C2=O)C1. The van der Waals surface area contributed by atoms with Gasteiger partial charge < -0.3 is 9.80 Å². The summed E-state index contributed by atoms with van der Waals surface area (Å²) in [5.74, 6) is 0.552. The molecule has 3 fully saturated rings. The topological polar surface area (TPSA) is 75.0 Å². The van der Waals surface area contributed by atoms with Crippen LogP contribution in [-0.4, -0.2) is 57.2 Å². The molecule has 2 amide bonds. The lowest BCUT2D eigenvalue weighted by molar-refractivity contribution is -0.145. The van der Waals surface area contributed by atoms with Crippen molar-refractivity contribution in [3.63, 3.8) is 0 Å². The first-order valence-electron chi connectivity index (χ1n) is 10.1. The zero-order valence-corrected chi connectivity index (χ0v) is 15.8. The number of carbonyl (C=O) groups excluding carboxylic acids is 2. The average molecular weight is 380 g/mol. The summed E-state index contributed by atoms with van der Waals surface area (Å²) in [7, 11) is 0. The number of carbonyl (C=O) groups is 2. The predicted octanol–water partition coefficient (Wildman–Crippen LogP) is 1.56. The maximum atomic E-state index is 13.2. The Labute approximate surface area is 163 Å². The van der Waals surface area contributed by atoms with E-state index in [9.17, 15) is 14.4 Å². The van der Waals surface area contributed by atoms with Crippen molar-refractivity contribution in [2.75, 3.05) is 26.2 Å². The second-order valence-corrected chi connectivity index (χ2v) is 8.46. The summed E-state index contributed by atoms with van der Waals surface area (Å²) in [6.45, 7) is 2.62. The molecule has 2 aromatic heterocycles. The van der Waals surface area contributed by atoms with Gasteiger partial charge in [-0.2, -0.15) is 0 Å². The van der Waals surface area contributed by atoms with Gasteiger partial charge in [-0.3, -0.25) is 18.8 Å². The van der Waals surface area contributed by atoms with Crippen molar-refractivity contribution in [2.45, 2.75) is 32.1 Å². The van der Waals surface area contributed by atoms with Crippen LogP contribution in [0.5, 0.6) is 0 Å². The first kappa shape index (κ1) is 17.4. The Balaban J connectivity index is 1.38. The summed E-state index contributed by atoms with van der Waals surface area (Å²) in [4.78, 5) is 46.9. The van der Waals surface area contributed by atoms with E-state index in [1.807, 2.05) is 4.90 Å². The third kappa shape index (κ3) is 2.80. The fourth-order valence-electron chi connectivity index (χ4n) is 4.71. The van der Waals surface area contributed by atoms with Crippen LogP contribution in [0.15, 0.2) is 35.4 Å². The molecule has 7 nitrogen and oxygen atoms in total. The summed E-state index contributed by atoms with van der Waals surface area (Å²) in [5, 5.41) is 0. The van der Waals surface area contributed by atoms with E-state index in [1.165, 1.54) is 23.4 Å². The molecule has 5 rings (SSSR count). The molecule has 0 bridgehead atoms. The quantitative estimate of drug-likeness (QED) is 0.810. The highest BCUT2D eigenvalue weighted by Crippen LogP contribution is 2.41. The molecular formula is C21H24N4O3. The van der Waals surface area contributed by atoms with Gasteiger partial charge >= 0.3 is 0 Å². The Morgan fingerprint density at radius 1 is 1.18 bits per heavy atom. The minimum atomic E-state index is -0.469. The number of fused-ring (bicyclic) bond motifs is 1. The van der Waals surface area contributed by atoms with Gasteiger partial charge in [-0.1, -0.05) is 6.07 Å². The van der Waals surface area contributed by atoms with Gasteiger partial charge in [0.05, 0.1) is 5.41 Å². The Bertz CT molecular complexity index is 1010. The average Bonchev–Trinajstić information content (AvgIpc) is 3.43. The number of rotatable bonds is 3. The Kier molecular flexibility index (Phi) is 4.00. The summed E-state index contributed by atoms with van der Waals surface area (Å²) in [6.07, 6.45) is 7.93. The zero-order chi connectivity index (χ0) is 19.3. The second kappa shape index (κ2) is 6.43. The second-order valence-electron chi connectivity index (χ2n) is 8.46. The van der Waals surface area contributed by atoms with E-state index in [0.29, 0.717) is 31.1 Å². The summed E-state index contributed by atoms with van der Waals surface area (Å²) in [6, 6.07) is 5.27. The van der Waals surface area contributed by atoms with E-state index in [4.69, 9.17) is 0 Å². The minimum Gasteiger partial charge on any atom is -0.342 e. The van der Waals surface area contributed by atoms with Gasteiger partial charge in [0.25, 0.3) is 11.5 Å². The molecule has 2 saturated heterocycles. The zero-order valence-electron chi connectivity index (χ0n) is 15.8. The lowest BCUT2D eigenvalue weighted by atomic mass is 9.78. The summed E-state index contributed by atoms with van der Waals surface area (Å²) >= 11 is 0. The number of aromatic nitrogens is 2. The van der Waals surface area contributed by atoms with Crippen molar-refractivity contribution in [1.82, 2.24) is 19.2 Å². The molecule has 1 saturated carbocycles. The summed E-state index contributed by atoms with van der Waals surface area (Å²) in [5.41, 5.74) is -0.246. The Morgan fingerprint density at radius 2 is 2.04 bits per heavy atom. The van der Waals surface area contributed by atoms with E-state index in [1.54, 1.807) is 29.3 Å². The summed E-state index contributed by atoms with van der Waals surface area (Å²) < 4.78 is 1.39. The molecule has 0 unspecified atom stereocenters. The van der Waals surface area contributed by atoms with Crippen LogP contribution in [0.1, 0.15) is 42.5 Å². The third-order valence-electron chi connectivity index (χ3n) is 6.48. The highest BCUT2D eigenvalue weighted by Gasteiger charge is 2.50. The lowest BCUT2D eigenvalue weighted by Crippen LogP contribution is -2.51. The standard InChI is InChI=1S/C21H24N4O3/c26-18(16-12-22-17-4-1-2-10-25(17)19(16)27)24-11-8-21(14-24)7-3-9-23(20(21)28)13-15-5-6-15/h1-2,4,10,12,15H,3,5-9,11,13-14H2/t21-/m1/s1. The fraction of sp³-hybridized carbons (Fsp3) is 0.524. The fourth-order valence-corrected chi connectivity index (χ4v) is 4.71. The molecule has 1 aliphatic carbocycles. The van der Waals surface area contributed by atoms with Crippen LogP contribution in [0, 0.1) is 11.3 Å². The predicted molar refractivity (Wildman–Crippen MR) is 103 cm³/mol. The van der Waals surface area contributed by atoms with Crippen molar-refractivity contribution in [1.29, 1.82) is 0 Å². The van der Waals surface area contributed by atoms with Gasteiger partial charge in [-0.25, -0.2) is 4.98 Å². The lowest BCUT2D eigenvalue weighted by Gasteiger charge is -2.39. The molecule has 1 spiro atoms. The van der Waals surface area contributed by atoms with E-state index >= 15 is 0 Å². The number of likely N-dealkylation sites (tertiary alicyclic amines) is 2. The molecule has 0 radical (unpaired) electrons. The van der Waals surface area contributed by atoms with Gasteiger partial charge in [0.2, 0.25) is 5.91 Å². The van der Waals surface area contributed by atoms with Crippen LogP contribution < -0.4 is 5.56 Å². The van der Waals surface area contributed by atoms with Crippen molar-refractivity contribution in [2.24, 2.45) is 11.3 Å². The van der Waals surface area contributed by atoms with Crippen molar-refractivity contribution in [3.05, 3.63) is 46.5 Å². The van der Waals surface area contributed by atoms with E-state index in [-0.39, 0.29) is 22.9 Å². The first-order chi connectivity index (χ1) is 13.6. The van der Waals surface area contributed by atoms with Gasteiger partial charge in [-0.15, -0.1) is 0 Å². The van der Waals surface area contributed by atoms with Crippen LogP contribution in [0.3, 0.4) is 0 Å². The van der Waals surface area contributed by atoms with Crippen LogP contribution in [0.4, 0.5) is 0 Å². The number of pyridine rings is 1. The van der Waals surface area contributed by atoms with Crippen molar-refractivity contribution < 1.29 is 9.59 Å². The molecule has 7 heteroatoms. The van der Waals surface area contributed by atoms with Gasteiger partial charge in [0.15, 0.2) is 0 Å². The normalized spacial score (nSPS) is 25.1. The number of hydrogen-bond acceptors (Lipinski definition) is 4.